The van der Waals surface area contributed by atoms with Crippen molar-refractivity contribution in [3.05, 3.63) is 48.4 Å². The van der Waals surface area contributed by atoms with Crippen LogP contribution in [0.4, 0.5) is 10.1 Å². The maximum atomic E-state index is 13.4. The van der Waals surface area contributed by atoms with Crippen LogP contribution in [0.25, 0.3) is 11.3 Å². The van der Waals surface area contributed by atoms with Crippen molar-refractivity contribution in [2.24, 2.45) is 4.99 Å². The van der Waals surface area contributed by atoms with Crippen LogP contribution in [0.1, 0.15) is 0 Å². The molecule has 1 heterocycles. The summed E-state index contributed by atoms with van der Waals surface area (Å²) in [5.74, 6) is -0.332. The number of pyridine rings is 1. The molecule has 2 aromatic rings. The normalized spacial score (nSPS) is 9.56. The van der Waals surface area contributed by atoms with E-state index in [2.05, 4.69) is 9.98 Å². The van der Waals surface area contributed by atoms with Gasteiger partial charge < -0.3 is 0 Å². The third kappa shape index (κ3) is 2.02. The summed E-state index contributed by atoms with van der Waals surface area (Å²) in [6.45, 7) is 0. The first-order valence-corrected chi connectivity index (χ1v) is 4.60. The minimum atomic E-state index is -0.332. The van der Waals surface area contributed by atoms with Crippen LogP contribution in [0.2, 0.25) is 0 Å². The van der Waals surface area contributed by atoms with E-state index in [1.807, 2.05) is 0 Å². The number of benzene rings is 1. The Morgan fingerprint density at radius 2 is 2.00 bits per heavy atom. The monoisotopic (exact) mass is 214 g/mol. The predicted molar refractivity (Wildman–Crippen MR) is 57.4 cm³/mol. The lowest BCUT2D eigenvalue weighted by molar-refractivity contribution is 0.565. The summed E-state index contributed by atoms with van der Waals surface area (Å²) in [5, 5.41) is 0. The molecule has 3 nitrogen and oxygen atoms in total. The van der Waals surface area contributed by atoms with E-state index < -0.39 is 0 Å². The molecule has 0 saturated heterocycles. The fourth-order valence-corrected chi connectivity index (χ4v) is 1.33. The van der Waals surface area contributed by atoms with Crippen molar-refractivity contribution in [1.29, 1.82) is 0 Å². The number of rotatable bonds is 2. The highest BCUT2D eigenvalue weighted by atomic mass is 19.1. The van der Waals surface area contributed by atoms with Crippen LogP contribution < -0.4 is 0 Å². The van der Waals surface area contributed by atoms with Gasteiger partial charge in [-0.2, -0.15) is 4.99 Å². The van der Waals surface area contributed by atoms with Gasteiger partial charge in [0.15, 0.2) is 0 Å². The van der Waals surface area contributed by atoms with Crippen LogP contribution in [0.15, 0.2) is 47.6 Å². The fourth-order valence-electron chi connectivity index (χ4n) is 1.33. The molecule has 1 aromatic carbocycles. The van der Waals surface area contributed by atoms with Crippen molar-refractivity contribution < 1.29 is 9.18 Å². The zero-order valence-electron chi connectivity index (χ0n) is 8.22. The Bertz CT molecular complexity index is 545. The van der Waals surface area contributed by atoms with E-state index in [1.165, 1.54) is 18.3 Å². The standard InChI is InChI=1S/C12H7FN2O/c13-11-4-2-1-3-10(11)12-6-5-9(7-14-12)15-8-16/h1-7H. The molecular formula is C12H7FN2O. The van der Waals surface area contributed by atoms with Crippen LogP contribution in [-0.2, 0) is 4.79 Å². The smallest absolute Gasteiger partial charge is 0.240 e. The van der Waals surface area contributed by atoms with Crippen molar-refractivity contribution in [1.82, 2.24) is 4.98 Å². The van der Waals surface area contributed by atoms with Crippen LogP contribution in [0.5, 0.6) is 0 Å². The zero-order valence-corrected chi connectivity index (χ0v) is 8.22. The summed E-state index contributed by atoms with van der Waals surface area (Å²) in [5.41, 5.74) is 1.32. The third-order valence-electron chi connectivity index (χ3n) is 2.07. The third-order valence-corrected chi connectivity index (χ3v) is 2.07. The molecule has 0 aliphatic rings. The second-order valence-electron chi connectivity index (χ2n) is 3.08. The lowest BCUT2D eigenvalue weighted by Crippen LogP contribution is -1.86. The fraction of sp³-hybridized carbons (Fsp3) is 0. The Balaban J connectivity index is 2.42. The maximum absolute atomic E-state index is 13.4. The first-order valence-electron chi connectivity index (χ1n) is 4.60. The van der Waals surface area contributed by atoms with E-state index in [1.54, 1.807) is 30.3 Å². The van der Waals surface area contributed by atoms with E-state index in [0.29, 0.717) is 16.9 Å². The SMILES string of the molecule is O=C=Nc1ccc(-c2ccccc2F)nc1. The molecule has 0 bridgehead atoms. The molecule has 16 heavy (non-hydrogen) atoms. The number of halogens is 1. The maximum Gasteiger partial charge on any atom is 0.240 e. The molecule has 4 heteroatoms. The van der Waals surface area contributed by atoms with Crippen molar-refractivity contribution in [2.75, 3.05) is 0 Å². The minimum Gasteiger partial charge on any atom is -0.254 e. The summed E-state index contributed by atoms with van der Waals surface area (Å²) in [7, 11) is 0. The van der Waals surface area contributed by atoms with Gasteiger partial charge in [0.2, 0.25) is 6.08 Å². The molecule has 0 spiro atoms. The Labute approximate surface area is 91.3 Å². The zero-order chi connectivity index (χ0) is 11.4. The molecule has 0 aliphatic carbocycles. The van der Waals surface area contributed by atoms with Gasteiger partial charge in [-0.3, -0.25) is 4.98 Å². The van der Waals surface area contributed by atoms with Gasteiger partial charge in [-0.25, -0.2) is 9.18 Å². The number of aromatic nitrogens is 1. The summed E-state index contributed by atoms with van der Waals surface area (Å²) >= 11 is 0. The van der Waals surface area contributed by atoms with E-state index in [0.717, 1.165) is 0 Å². The quantitative estimate of drug-likeness (QED) is 0.569. The van der Waals surface area contributed by atoms with Gasteiger partial charge in [-0.1, -0.05) is 12.1 Å². The molecule has 0 saturated carbocycles. The lowest BCUT2D eigenvalue weighted by atomic mass is 10.1. The minimum absolute atomic E-state index is 0.332. The second kappa shape index (κ2) is 4.47. The van der Waals surface area contributed by atoms with Crippen LogP contribution in [-0.4, -0.2) is 11.1 Å². The molecule has 0 N–H and O–H groups in total. The van der Waals surface area contributed by atoms with Gasteiger partial charge in [0, 0.05) is 5.56 Å². The molecule has 0 amide bonds. The number of hydrogen-bond donors (Lipinski definition) is 0. The average Bonchev–Trinajstić information content (AvgIpc) is 2.31. The first kappa shape index (κ1) is 10.2. The molecule has 0 fully saturated rings. The summed E-state index contributed by atoms with van der Waals surface area (Å²) < 4.78 is 13.4. The molecule has 0 aliphatic heterocycles. The number of nitrogens with zero attached hydrogens (tertiary/aromatic N) is 2. The Morgan fingerprint density at radius 1 is 1.19 bits per heavy atom. The number of isocyanates is 1. The van der Waals surface area contributed by atoms with E-state index in [-0.39, 0.29) is 5.82 Å². The van der Waals surface area contributed by atoms with E-state index >= 15 is 0 Å². The Hall–Kier alpha value is -2.32. The Morgan fingerprint density at radius 3 is 2.62 bits per heavy atom. The largest absolute Gasteiger partial charge is 0.254 e. The van der Waals surface area contributed by atoms with Gasteiger partial charge in [0.25, 0.3) is 0 Å². The van der Waals surface area contributed by atoms with Crippen molar-refractivity contribution in [3.63, 3.8) is 0 Å². The summed E-state index contributed by atoms with van der Waals surface area (Å²) in [6.07, 6.45) is 2.81. The van der Waals surface area contributed by atoms with Crippen molar-refractivity contribution in [3.8, 4) is 11.3 Å². The van der Waals surface area contributed by atoms with Gasteiger partial charge in [0.05, 0.1) is 17.6 Å². The van der Waals surface area contributed by atoms with Crippen molar-refractivity contribution >= 4 is 11.8 Å². The molecule has 2 rings (SSSR count). The van der Waals surface area contributed by atoms with Gasteiger partial charge >= 0.3 is 0 Å². The van der Waals surface area contributed by atoms with Crippen LogP contribution in [0.3, 0.4) is 0 Å². The summed E-state index contributed by atoms with van der Waals surface area (Å²) in [6, 6.07) is 9.55. The van der Waals surface area contributed by atoms with Crippen molar-refractivity contribution in [2.45, 2.75) is 0 Å². The van der Waals surface area contributed by atoms with Crippen LogP contribution in [0, 0.1) is 5.82 Å². The Kier molecular flexibility index (Phi) is 2.85. The number of carbonyl (C=O) groups excluding carboxylic acids is 1. The predicted octanol–water partition coefficient (Wildman–Crippen LogP) is 2.86. The molecule has 0 radical (unpaired) electrons. The topological polar surface area (TPSA) is 42.3 Å². The highest BCUT2D eigenvalue weighted by molar-refractivity contribution is 5.61. The lowest BCUT2D eigenvalue weighted by Gasteiger charge is -2.01. The molecule has 1 aromatic heterocycles. The van der Waals surface area contributed by atoms with Crippen LogP contribution >= 0.6 is 0 Å². The van der Waals surface area contributed by atoms with Gasteiger partial charge in [-0.05, 0) is 24.3 Å². The van der Waals surface area contributed by atoms with E-state index in [4.69, 9.17) is 0 Å². The van der Waals surface area contributed by atoms with E-state index in [9.17, 15) is 9.18 Å². The molecular weight excluding hydrogens is 207 g/mol. The number of aliphatic imine (C=N–C) groups is 1. The van der Waals surface area contributed by atoms with Gasteiger partial charge in [-0.15, -0.1) is 0 Å². The second-order valence-corrected chi connectivity index (χ2v) is 3.08. The first-order chi connectivity index (χ1) is 7.81. The molecule has 0 unspecified atom stereocenters. The molecule has 78 valence electrons. The van der Waals surface area contributed by atoms with Gasteiger partial charge in [0.1, 0.15) is 5.82 Å². The summed E-state index contributed by atoms with van der Waals surface area (Å²) in [4.78, 5) is 17.4. The average molecular weight is 214 g/mol. The highest BCUT2D eigenvalue weighted by Gasteiger charge is 2.04. The number of hydrogen-bond acceptors (Lipinski definition) is 3. The molecule has 0 atom stereocenters. The highest BCUT2D eigenvalue weighted by Crippen LogP contribution is 2.21.